The minimum absolute atomic E-state index is 0.143. The van der Waals surface area contributed by atoms with E-state index in [1.807, 2.05) is 20.8 Å². The fourth-order valence-electron chi connectivity index (χ4n) is 2.90. The van der Waals surface area contributed by atoms with Crippen LogP contribution in [0, 0.1) is 11.3 Å². The maximum absolute atomic E-state index is 12.4. The molecule has 0 aromatic rings. The van der Waals surface area contributed by atoms with E-state index in [0.717, 1.165) is 25.7 Å². The first kappa shape index (κ1) is 23.4. The Morgan fingerprint density at radius 3 is 2.64 bits per heavy atom. The van der Waals surface area contributed by atoms with Crippen LogP contribution in [0.2, 0.25) is 0 Å². The van der Waals surface area contributed by atoms with Gasteiger partial charge in [-0.15, -0.1) is 0 Å². The summed E-state index contributed by atoms with van der Waals surface area (Å²) in [5, 5.41) is 10.1. The number of rotatable bonds is 11. The number of halogens is 1. The second kappa shape index (κ2) is 10.1. The lowest BCUT2D eigenvalue weighted by Crippen LogP contribution is -2.50. The molecule has 0 aromatic heterocycles. The molecule has 0 aromatic carbocycles. The van der Waals surface area contributed by atoms with Gasteiger partial charge in [-0.3, -0.25) is 9.63 Å². The number of hydrogen-bond donors (Lipinski definition) is 2. The normalized spacial score (nSPS) is 24.5. The maximum atomic E-state index is 12.4. The highest BCUT2D eigenvalue weighted by molar-refractivity contribution is 14.2. The van der Waals surface area contributed by atoms with Crippen molar-refractivity contribution in [2.45, 2.75) is 71.5 Å². The van der Waals surface area contributed by atoms with Crippen LogP contribution >= 0.6 is 30.4 Å². The third kappa shape index (κ3) is 6.80. The number of carbonyl (C=O) groups is 1. The molecular weight excluding hydrogens is 457 g/mol. The van der Waals surface area contributed by atoms with Gasteiger partial charge >= 0.3 is 5.97 Å². The molecule has 1 fully saturated rings. The molecule has 2 N–H and O–H groups in total. The van der Waals surface area contributed by atoms with Gasteiger partial charge in [0.05, 0.1) is 33.4 Å². The molecule has 2 atom stereocenters. The molecule has 148 valence electrons. The summed E-state index contributed by atoms with van der Waals surface area (Å²) in [5.74, 6) is 0.281. The summed E-state index contributed by atoms with van der Waals surface area (Å²) < 4.78 is 10.8. The number of nitrogens with one attached hydrogen (secondary N) is 1. The van der Waals surface area contributed by atoms with Crippen LogP contribution in [-0.2, 0) is 18.6 Å². The minimum atomic E-state index is -0.944. The molecule has 0 heterocycles. The second-order valence-electron chi connectivity index (χ2n) is 7.79. The van der Waals surface area contributed by atoms with Crippen molar-refractivity contribution in [2.75, 3.05) is 19.8 Å². The molecule has 1 aliphatic carbocycles. The van der Waals surface area contributed by atoms with E-state index in [1.54, 1.807) is 13.8 Å². The van der Waals surface area contributed by atoms with Crippen molar-refractivity contribution in [2.24, 2.45) is 11.3 Å². The number of ether oxygens (including phenoxy) is 1. The van der Waals surface area contributed by atoms with Crippen molar-refractivity contribution in [1.29, 1.82) is 0 Å². The first-order chi connectivity index (χ1) is 11.6. The average Bonchev–Trinajstić information content (AvgIpc) is 2.93. The van der Waals surface area contributed by atoms with Gasteiger partial charge in [0.2, 0.25) is 0 Å². The highest BCUT2D eigenvalue weighted by atomic mass is 127. The summed E-state index contributed by atoms with van der Waals surface area (Å²) >= 11 is 2.07. The van der Waals surface area contributed by atoms with Crippen molar-refractivity contribution in [3.63, 3.8) is 0 Å². The molecular formula is C17H32INO5S. The minimum Gasteiger partial charge on any atom is -0.465 e. The standard InChI is InChI=1S/C17H32INO5S/c1-6-22-14(20)17(12-23-25-18)9-7-13(11-17)8-10-19-24-16(4,5)15(2,3)21/h13,19,21H,6-12H2,1-5H3. The summed E-state index contributed by atoms with van der Waals surface area (Å²) in [4.78, 5) is 18.0. The van der Waals surface area contributed by atoms with Crippen molar-refractivity contribution in [3.8, 4) is 0 Å². The van der Waals surface area contributed by atoms with Crippen LogP contribution in [0.3, 0.4) is 0 Å². The van der Waals surface area contributed by atoms with Crippen molar-refractivity contribution < 1.29 is 23.7 Å². The summed E-state index contributed by atoms with van der Waals surface area (Å²) in [6.45, 7) is 10.4. The highest BCUT2D eigenvalue weighted by Gasteiger charge is 2.46. The zero-order chi connectivity index (χ0) is 19.1. The van der Waals surface area contributed by atoms with Gasteiger partial charge in [0.1, 0.15) is 5.60 Å². The lowest BCUT2D eigenvalue weighted by atomic mass is 9.86. The lowest BCUT2D eigenvalue weighted by molar-refractivity contribution is -0.183. The smallest absolute Gasteiger partial charge is 0.314 e. The van der Waals surface area contributed by atoms with E-state index in [-0.39, 0.29) is 5.97 Å². The maximum Gasteiger partial charge on any atom is 0.314 e. The van der Waals surface area contributed by atoms with E-state index in [4.69, 9.17) is 13.8 Å². The van der Waals surface area contributed by atoms with Gasteiger partial charge in [-0.2, -0.15) is 0 Å². The number of aliphatic hydroxyl groups is 1. The predicted octanol–water partition coefficient (Wildman–Crippen LogP) is 3.81. The van der Waals surface area contributed by atoms with Gasteiger partial charge < -0.3 is 14.0 Å². The van der Waals surface area contributed by atoms with Gasteiger partial charge in [0.25, 0.3) is 0 Å². The molecule has 0 aliphatic heterocycles. The fraction of sp³-hybridized carbons (Fsp3) is 0.941. The largest absolute Gasteiger partial charge is 0.465 e. The molecule has 1 saturated carbocycles. The Hall–Kier alpha value is 0.390. The molecule has 25 heavy (non-hydrogen) atoms. The van der Waals surface area contributed by atoms with Gasteiger partial charge in [0.15, 0.2) is 0 Å². The SMILES string of the molecule is CCOC(=O)C1(COSI)CCC(CCNOC(C)(C)C(C)(C)O)C1. The van der Waals surface area contributed by atoms with Crippen molar-refractivity contribution in [3.05, 3.63) is 0 Å². The molecule has 0 saturated heterocycles. The number of hydroxylamine groups is 1. The highest BCUT2D eigenvalue weighted by Crippen LogP contribution is 2.45. The van der Waals surface area contributed by atoms with E-state index < -0.39 is 16.6 Å². The van der Waals surface area contributed by atoms with Gasteiger partial charge in [-0.25, -0.2) is 5.48 Å². The molecule has 0 spiro atoms. The molecule has 1 aliphatic rings. The van der Waals surface area contributed by atoms with Crippen LogP contribution in [0.25, 0.3) is 0 Å². The molecule has 6 nitrogen and oxygen atoms in total. The Bertz CT molecular complexity index is 430. The lowest BCUT2D eigenvalue weighted by Gasteiger charge is -2.36. The first-order valence-electron chi connectivity index (χ1n) is 8.78. The Morgan fingerprint density at radius 2 is 2.08 bits per heavy atom. The van der Waals surface area contributed by atoms with Gasteiger partial charge in [-0.05, 0) is 66.2 Å². The van der Waals surface area contributed by atoms with Crippen molar-refractivity contribution in [1.82, 2.24) is 5.48 Å². The topological polar surface area (TPSA) is 77.0 Å². The quantitative estimate of drug-likeness (QED) is 0.150. The summed E-state index contributed by atoms with van der Waals surface area (Å²) in [7, 11) is 1.26. The fourth-order valence-corrected chi connectivity index (χ4v) is 3.55. The predicted molar refractivity (Wildman–Crippen MR) is 108 cm³/mol. The number of carbonyl (C=O) groups excluding carboxylic acids is 1. The van der Waals surface area contributed by atoms with Gasteiger partial charge in [0, 0.05) is 27.8 Å². The molecule has 2 unspecified atom stereocenters. The molecule has 8 heteroatoms. The molecule has 0 amide bonds. The van der Waals surface area contributed by atoms with Crippen LogP contribution in [0.15, 0.2) is 0 Å². The zero-order valence-electron chi connectivity index (χ0n) is 15.9. The molecule has 1 rings (SSSR count). The van der Waals surface area contributed by atoms with E-state index in [0.29, 0.717) is 25.7 Å². The van der Waals surface area contributed by atoms with Crippen LogP contribution in [0.1, 0.15) is 60.3 Å². The first-order valence-corrected chi connectivity index (χ1v) is 12.1. The summed E-state index contributed by atoms with van der Waals surface area (Å²) in [6, 6.07) is 0. The summed E-state index contributed by atoms with van der Waals surface area (Å²) in [6.07, 6.45) is 3.45. The molecule has 0 bridgehead atoms. The van der Waals surface area contributed by atoms with E-state index in [1.165, 1.54) is 9.21 Å². The average molecular weight is 489 g/mol. The Labute approximate surface area is 167 Å². The molecule has 0 radical (unpaired) electrons. The van der Waals surface area contributed by atoms with Crippen LogP contribution < -0.4 is 5.48 Å². The Morgan fingerprint density at radius 1 is 1.40 bits per heavy atom. The summed E-state index contributed by atoms with van der Waals surface area (Å²) in [5.41, 5.74) is 0.814. The van der Waals surface area contributed by atoms with E-state index in [2.05, 4.69) is 26.7 Å². The number of esters is 1. The van der Waals surface area contributed by atoms with E-state index >= 15 is 0 Å². The van der Waals surface area contributed by atoms with Crippen LogP contribution in [0.4, 0.5) is 0 Å². The zero-order valence-corrected chi connectivity index (χ0v) is 18.9. The third-order valence-corrected chi connectivity index (χ3v) is 6.22. The van der Waals surface area contributed by atoms with Gasteiger partial charge in [-0.1, -0.05) is 0 Å². The Kier molecular flexibility index (Phi) is 9.44. The number of hydrogen-bond acceptors (Lipinski definition) is 7. The monoisotopic (exact) mass is 489 g/mol. The third-order valence-electron chi connectivity index (χ3n) is 5.25. The Balaban J connectivity index is 2.48. The van der Waals surface area contributed by atoms with Crippen molar-refractivity contribution >= 4 is 36.4 Å². The van der Waals surface area contributed by atoms with Crippen LogP contribution in [0.5, 0.6) is 0 Å². The van der Waals surface area contributed by atoms with Crippen LogP contribution in [-0.4, -0.2) is 42.0 Å². The van der Waals surface area contributed by atoms with E-state index in [9.17, 15) is 9.90 Å². The second-order valence-corrected chi connectivity index (χ2v) is 9.23.